The van der Waals surface area contributed by atoms with Crippen LogP contribution in [-0.4, -0.2) is 96.4 Å². The zero-order valence-electron chi connectivity index (χ0n) is 35.6. The number of phenols is 1. The number of rotatable bonds is 14. The predicted molar refractivity (Wildman–Crippen MR) is 223 cm³/mol. The standard InChI is InChI=1S/C35H52O5S2.C7H17NO5/c1-31(2,3)23-17-21(18-24(29(23)39)32(4,5)6)41-35(13,14)42-22-19-25(33(7,8)9)30(26(20-22)34(10,11)12)40-28(38)16-15-27(36)37;1-8-2-4(10)6(12)7(13)5(11)3-9/h17-20,39H,15-16H2,1-14H3,(H,36,37);4-13H,2-3H2,1H3/t;4-,5+,6+,7+/m.0/s1. The summed E-state index contributed by atoms with van der Waals surface area (Å²) < 4.78 is 5.65. The number of carboxylic acids is 1. The van der Waals surface area contributed by atoms with Crippen molar-refractivity contribution in [2.75, 3.05) is 20.2 Å². The summed E-state index contributed by atoms with van der Waals surface area (Å²) in [6, 6.07) is 8.47. The normalized spacial score (nSPS) is 15.1. The van der Waals surface area contributed by atoms with Crippen LogP contribution in [0.25, 0.3) is 0 Å². The second-order valence-electron chi connectivity index (χ2n) is 18.5. The quantitative estimate of drug-likeness (QED) is 0.0440. The minimum absolute atomic E-state index is 0.0936. The van der Waals surface area contributed by atoms with Gasteiger partial charge in [-0.3, -0.25) is 9.59 Å². The van der Waals surface area contributed by atoms with Crippen molar-refractivity contribution in [2.24, 2.45) is 0 Å². The van der Waals surface area contributed by atoms with Gasteiger partial charge in [0.1, 0.15) is 29.8 Å². The first-order valence-electron chi connectivity index (χ1n) is 18.6. The van der Waals surface area contributed by atoms with Gasteiger partial charge < -0.3 is 45.8 Å². The molecule has 0 heterocycles. The summed E-state index contributed by atoms with van der Waals surface area (Å²) in [5.41, 5.74) is 2.65. The van der Waals surface area contributed by atoms with Crippen molar-refractivity contribution >= 4 is 35.5 Å². The van der Waals surface area contributed by atoms with Gasteiger partial charge in [-0.05, 0) is 66.8 Å². The van der Waals surface area contributed by atoms with Crippen LogP contribution in [0.5, 0.6) is 11.5 Å². The first-order chi connectivity index (χ1) is 24.8. The molecule has 0 aliphatic carbocycles. The van der Waals surface area contributed by atoms with Gasteiger partial charge >= 0.3 is 11.9 Å². The van der Waals surface area contributed by atoms with Crippen molar-refractivity contribution < 1.29 is 50.1 Å². The van der Waals surface area contributed by atoms with Crippen molar-refractivity contribution in [1.82, 2.24) is 5.32 Å². The van der Waals surface area contributed by atoms with Gasteiger partial charge in [0.05, 0.1) is 29.6 Å². The fourth-order valence-electron chi connectivity index (χ4n) is 5.55. The van der Waals surface area contributed by atoms with Crippen molar-refractivity contribution in [3.8, 4) is 11.5 Å². The lowest BCUT2D eigenvalue weighted by atomic mass is 9.79. The summed E-state index contributed by atoms with van der Waals surface area (Å²) in [6.45, 7) is 29.2. The molecule has 0 fully saturated rings. The molecular formula is C42H69NO10S2. The number of carboxylic acid groups (broad SMARTS) is 1. The molecule has 8 N–H and O–H groups in total. The lowest BCUT2D eigenvalue weighted by molar-refractivity contribution is -0.142. The van der Waals surface area contributed by atoms with Crippen LogP contribution in [0.2, 0.25) is 0 Å². The van der Waals surface area contributed by atoms with Crippen LogP contribution in [0, 0.1) is 0 Å². The molecule has 2 aromatic carbocycles. The van der Waals surface area contributed by atoms with E-state index in [-0.39, 0.29) is 45.1 Å². The molecule has 2 rings (SSSR count). The molecule has 2 aromatic rings. The van der Waals surface area contributed by atoms with Crippen LogP contribution in [0.15, 0.2) is 34.1 Å². The number of phenolic OH excluding ortho intramolecular Hbond substituents is 1. The summed E-state index contributed by atoms with van der Waals surface area (Å²) in [4.78, 5) is 25.9. The fourth-order valence-corrected chi connectivity index (χ4v) is 8.14. The summed E-state index contributed by atoms with van der Waals surface area (Å²) in [6.07, 6.45) is -6.09. The number of aliphatic carboxylic acids is 1. The Morgan fingerprint density at radius 3 is 1.35 bits per heavy atom. The van der Waals surface area contributed by atoms with Gasteiger partial charge in [-0.1, -0.05) is 83.1 Å². The van der Waals surface area contributed by atoms with Gasteiger partial charge in [-0.25, -0.2) is 0 Å². The maximum atomic E-state index is 12.7. The van der Waals surface area contributed by atoms with E-state index < -0.39 is 43.0 Å². The zero-order chi connectivity index (χ0) is 43.1. The van der Waals surface area contributed by atoms with Gasteiger partial charge in [-0.15, -0.1) is 23.5 Å². The molecule has 314 valence electrons. The third-order valence-electron chi connectivity index (χ3n) is 8.60. The zero-order valence-corrected chi connectivity index (χ0v) is 37.3. The van der Waals surface area contributed by atoms with E-state index in [0.717, 1.165) is 32.0 Å². The Balaban J connectivity index is 0.000000988. The second-order valence-corrected chi connectivity index (χ2v) is 22.2. The smallest absolute Gasteiger partial charge is 0.311 e. The number of thioether (sulfide) groups is 2. The summed E-state index contributed by atoms with van der Waals surface area (Å²) >= 11 is 3.53. The predicted octanol–water partition coefficient (Wildman–Crippen LogP) is 6.61. The van der Waals surface area contributed by atoms with E-state index in [2.05, 4.69) is 127 Å². The van der Waals surface area contributed by atoms with Gasteiger partial charge in [0.2, 0.25) is 0 Å². The molecule has 0 unspecified atom stereocenters. The Morgan fingerprint density at radius 2 is 1.02 bits per heavy atom. The van der Waals surface area contributed by atoms with Crippen LogP contribution in [0.3, 0.4) is 0 Å². The lowest BCUT2D eigenvalue weighted by Gasteiger charge is -2.32. The summed E-state index contributed by atoms with van der Waals surface area (Å²) in [7, 11) is 1.57. The number of hydrogen-bond donors (Lipinski definition) is 8. The molecule has 0 aliphatic heterocycles. The number of ether oxygens (including phenoxy) is 1. The van der Waals surface area contributed by atoms with Gasteiger partial charge in [0, 0.05) is 38.6 Å². The molecule has 4 atom stereocenters. The van der Waals surface area contributed by atoms with Gasteiger partial charge in [0.25, 0.3) is 0 Å². The summed E-state index contributed by atoms with van der Waals surface area (Å²) in [5.74, 6) is -0.656. The Labute approximate surface area is 337 Å². The highest BCUT2D eigenvalue weighted by molar-refractivity contribution is 8.18. The van der Waals surface area contributed by atoms with E-state index in [0.29, 0.717) is 11.5 Å². The molecule has 11 nitrogen and oxygen atoms in total. The van der Waals surface area contributed by atoms with E-state index in [1.54, 1.807) is 30.6 Å². The average molecular weight is 812 g/mol. The Kier molecular flexibility index (Phi) is 18.3. The molecular weight excluding hydrogens is 743 g/mol. The van der Waals surface area contributed by atoms with Gasteiger partial charge in [-0.2, -0.15) is 0 Å². The fraction of sp³-hybridized carbons (Fsp3) is 0.667. The maximum Gasteiger partial charge on any atom is 0.311 e. The number of aliphatic hydroxyl groups excluding tert-OH is 5. The average Bonchev–Trinajstić information content (AvgIpc) is 3.01. The maximum absolute atomic E-state index is 12.7. The first-order valence-corrected chi connectivity index (χ1v) is 20.2. The monoisotopic (exact) mass is 811 g/mol. The Hall–Kier alpha value is -2.36. The Bertz CT molecular complexity index is 1510. The SMILES string of the molecule is CC(C)(Sc1cc(C(C)(C)C)c(O)c(C(C)(C)C)c1)Sc1cc(C(C)(C)C)c(OC(=O)CCC(=O)O)c(C(C)(C)C)c1.CNC[C@H](O)[C@@H](O)[C@H](O)[C@H](O)CO. The number of benzene rings is 2. The van der Waals surface area contributed by atoms with Crippen molar-refractivity contribution in [2.45, 2.75) is 170 Å². The van der Waals surface area contributed by atoms with Crippen LogP contribution in [0.1, 0.15) is 132 Å². The van der Waals surface area contributed by atoms with Gasteiger partial charge in [0.15, 0.2) is 0 Å². The number of nitrogens with one attached hydrogen (secondary N) is 1. The molecule has 0 saturated carbocycles. The third-order valence-corrected chi connectivity index (χ3v) is 11.0. The lowest BCUT2D eigenvalue weighted by Crippen LogP contribution is -2.48. The van der Waals surface area contributed by atoms with Crippen LogP contribution < -0.4 is 10.1 Å². The van der Waals surface area contributed by atoms with Crippen molar-refractivity contribution in [3.63, 3.8) is 0 Å². The van der Waals surface area contributed by atoms with Crippen molar-refractivity contribution in [3.05, 3.63) is 46.5 Å². The third kappa shape index (κ3) is 15.8. The Morgan fingerprint density at radius 1 is 0.655 bits per heavy atom. The molecule has 0 bridgehead atoms. The molecule has 0 aromatic heterocycles. The molecule has 0 aliphatic rings. The number of aliphatic hydroxyl groups is 5. The van der Waals surface area contributed by atoms with E-state index >= 15 is 0 Å². The largest absolute Gasteiger partial charge is 0.507 e. The molecule has 0 amide bonds. The topological polar surface area (TPSA) is 197 Å². The molecule has 55 heavy (non-hydrogen) atoms. The first kappa shape index (κ1) is 50.7. The minimum Gasteiger partial charge on any atom is -0.507 e. The highest BCUT2D eigenvalue weighted by Crippen LogP contribution is 2.51. The van der Waals surface area contributed by atoms with Crippen LogP contribution >= 0.6 is 23.5 Å². The van der Waals surface area contributed by atoms with Crippen molar-refractivity contribution in [1.29, 1.82) is 0 Å². The number of carbonyl (C=O) groups excluding carboxylic acids is 1. The highest BCUT2D eigenvalue weighted by Gasteiger charge is 2.33. The van der Waals surface area contributed by atoms with Crippen LogP contribution in [0.4, 0.5) is 0 Å². The number of aromatic hydroxyl groups is 1. The molecule has 0 saturated heterocycles. The number of likely N-dealkylation sites (N-methyl/N-ethyl adjacent to an activating group) is 1. The molecule has 0 spiro atoms. The number of carbonyl (C=O) groups is 2. The van der Waals surface area contributed by atoms with E-state index in [4.69, 9.17) is 30.3 Å². The van der Waals surface area contributed by atoms with Crippen LogP contribution in [-0.2, 0) is 31.2 Å². The minimum atomic E-state index is -1.55. The van der Waals surface area contributed by atoms with E-state index in [1.807, 2.05) is 0 Å². The summed E-state index contributed by atoms with van der Waals surface area (Å²) in [5, 5.41) is 67.7. The van der Waals surface area contributed by atoms with E-state index in [1.165, 1.54) is 0 Å². The number of hydrogen-bond acceptors (Lipinski definition) is 12. The molecule has 0 radical (unpaired) electrons. The highest BCUT2D eigenvalue weighted by atomic mass is 32.2. The number of esters is 1. The van der Waals surface area contributed by atoms with E-state index in [9.17, 15) is 19.8 Å². The second kappa shape index (κ2) is 19.9. The molecule has 13 heteroatoms.